The average Bonchev–Trinajstić information content (AvgIpc) is 3.00. The molecule has 0 aliphatic heterocycles. The maximum Gasteiger partial charge on any atom is 0.253 e. The van der Waals surface area contributed by atoms with Crippen LogP contribution in [0, 0.1) is 5.82 Å². The predicted molar refractivity (Wildman–Crippen MR) is 88.1 cm³/mol. The number of rotatable bonds is 5. The molecule has 3 rings (SSSR count). The molecule has 0 spiro atoms. The smallest absolute Gasteiger partial charge is 0.253 e. The predicted octanol–water partition coefficient (Wildman–Crippen LogP) is 2.67. The molecule has 6 heteroatoms. The third-order valence-corrected chi connectivity index (χ3v) is 3.75. The van der Waals surface area contributed by atoms with Gasteiger partial charge in [-0.1, -0.05) is 12.1 Å². The minimum Gasteiger partial charge on any atom is -0.497 e. The number of aromatic amines is 1. The molecule has 0 fully saturated rings. The van der Waals surface area contributed by atoms with E-state index in [9.17, 15) is 14.3 Å². The number of aliphatic hydroxyl groups excluding tert-OH is 1. The molecule has 1 atom stereocenters. The van der Waals surface area contributed by atoms with E-state index in [1.165, 1.54) is 18.2 Å². The molecule has 0 aliphatic carbocycles. The highest BCUT2D eigenvalue weighted by atomic mass is 19.1. The molecule has 0 radical (unpaired) electrons. The molecule has 0 saturated carbocycles. The Hall–Kier alpha value is -2.86. The maximum absolute atomic E-state index is 13.2. The molecule has 1 aromatic heterocycles. The molecule has 0 aliphatic rings. The van der Waals surface area contributed by atoms with Crippen LogP contribution in [-0.4, -0.2) is 23.1 Å². The first kappa shape index (κ1) is 16.0. The Kier molecular flexibility index (Phi) is 4.48. The second-order valence-electron chi connectivity index (χ2n) is 5.42. The first-order valence-corrected chi connectivity index (χ1v) is 7.43. The number of aliphatic hydroxyl groups is 1. The normalized spacial score (nSPS) is 12.1. The Morgan fingerprint density at radius 1 is 1.29 bits per heavy atom. The van der Waals surface area contributed by atoms with E-state index in [-0.39, 0.29) is 12.1 Å². The number of benzene rings is 2. The fourth-order valence-electron chi connectivity index (χ4n) is 2.50. The van der Waals surface area contributed by atoms with Crippen LogP contribution in [0.15, 0.2) is 48.5 Å². The van der Waals surface area contributed by atoms with E-state index in [0.717, 1.165) is 28.4 Å². The van der Waals surface area contributed by atoms with Crippen molar-refractivity contribution in [3.63, 3.8) is 0 Å². The molecule has 0 saturated heterocycles. The van der Waals surface area contributed by atoms with Crippen molar-refractivity contribution in [2.45, 2.75) is 12.6 Å². The van der Waals surface area contributed by atoms with Gasteiger partial charge in [-0.05, 0) is 42.0 Å². The van der Waals surface area contributed by atoms with Gasteiger partial charge in [0.1, 0.15) is 11.6 Å². The van der Waals surface area contributed by atoms with Crippen LogP contribution in [-0.2, 0) is 11.3 Å². The summed E-state index contributed by atoms with van der Waals surface area (Å²) in [4.78, 5) is 15.2. The van der Waals surface area contributed by atoms with E-state index >= 15 is 0 Å². The number of methoxy groups -OCH3 is 1. The number of H-pyrrole nitrogens is 1. The number of carbonyl (C=O) groups is 1. The highest BCUT2D eigenvalue weighted by molar-refractivity contribution is 5.83. The summed E-state index contributed by atoms with van der Waals surface area (Å²) >= 11 is 0. The Bertz CT molecular complexity index is 876. The highest BCUT2D eigenvalue weighted by Gasteiger charge is 2.17. The van der Waals surface area contributed by atoms with Gasteiger partial charge < -0.3 is 20.1 Å². The van der Waals surface area contributed by atoms with E-state index in [1.807, 2.05) is 24.3 Å². The zero-order chi connectivity index (χ0) is 17.1. The number of hydrogen-bond donors (Lipinski definition) is 3. The van der Waals surface area contributed by atoms with Gasteiger partial charge in [0, 0.05) is 16.6 Å². The van der Waals surface area contributed by atoms with E-state index in [2.05, 4.69) is 10.3 Å². The van der Waals surface area contributed by atoms with Crippen molar-refractivity contribution >= 4 is 16.8 Å². The van der Waals surface area contributed by atoms with Crippen molar-refractivity contribution in [3.05, 3.63) is 65.6 Å². The molecule has 3 N–H and O–H groups in total. The standard InChI is InChI=1S/C18H17FN2O3/c1-24-15-5-6-16-12(9-15)8-14(21-16)10-20-18(23)17(22)11-3-2-4-13(19)7-11/h2-9,17,21-22H,10H2,1H3,(H,20,23)/t17-/m1/s1. The quantitative estimate of drug-likeness (QED) is 0.674. The number of hydrogen-bond acceptors (Lipinski definition) is 3. The largest absolute Gasteiger partial charge is 0.497 e. The molecule has 0 unspecified atom stereocenters. The van der Waals surface area contributed by atoms with Gasteiger partial charge in [-0.15, -0.1) is 0 Å². The SMILES string of the molecule is COc1ccc2[nH]c(CNC(=O)[C@H](O)c3cccc(F)c3)cc2c1. The number of halogens is 1. The zero-order valence-electron chi connectivity index (χ0n) is 13.0. The van der Waals surface area contributed by atoms with Crippen molar-refractivity contribution in [3.8, 4) is 5.75 Å². The van der Waals surface area contributed by atoms with E-state index in [1.54, 1.807) is 7.11 Å². The average molecular weight is 328 g/mol. The molecule has 124 valence electrons. The van der Waals surface area contributed by atoms with Crippen LogP contribution in [0.25, 0.3) is 10.9 Å². The number of nitrogens with one attached hydrogen (secondary N) is 2. The third kappa shape index (κ3) is 3.38. The minimum absolute atomic E-state index is 0.217. The molecular formula is C18H17FN2O3. The van der Waals surface area contributed by atoms with Crippen molar-refractivity contribution in [2.75, 3.05) is 7.11 Å². The maximum atomic E-state index is 13.2. The van der Waals surface area contributed by atoms with Crippen molar-refractivity contribution < 1.29 is 19.0 Å². The molecule has 3 aromatic rings. The Balaban J connectivity index is 1.67. The molecule has 2 aromatic carbocycles. The number of amides is 1. The first-order chi connectivity index (χ1) is 11.6. The summed E-state index contributed by atoms with van der Waals surface area (Å²) in [5, 5.41) is 13.6. The van der Waals surface area contributed by atoms with E-state index < -0.39 is 17.8 Å². The summed E-state index contributed by atoms with van der Waals surface area (Å²) in [6.07, 6.45) is -1.41. The molecular weight excluding hydrogens is 311 g/mol. The van der Waals surface area contributed by atoms with Crippen LogP contribution < -0.4 is 10.1 Å². The Morgan fingerprint density at radius 2 is 2.12 bits per heavy atom. The van der Waals surface area contributed by atoms with Crippen LogP contribution in [0.1, 0.15) is 17.4 Å². The zero-order valence-corrected chi connectivity index (χ0v) is 13.0. The van der Waals surface area contributed by atoms with E-state index in [4.69, 9.17) is 4.74 Å². The van der Waals surface area contributed by atoms with Crippen LogP contribution in [0.5, 0.6) is 5.75 Å². The Labute approximate surface area is 138 Å². The first-order valence-electron chi connectivity index (χ1n) is 7.43. The van der Waals surface area contributed by atoms with Gasteiger partial charge in [-0.3, -0.25) is 4.79 Å². The second kappa shape index (κ2) is 6.72. The summed E-state index contributed by atoms with van der Waals surface area (Å²) in [5.74, 6) is -0.334. The topological polar surface area (TPSA) is 74.3 Å². The minimum atomic E-state index is -1.41. The molecule has 1 amide bonds. The van der Waals surface area contributed by atoms with Gasteiger partial charge in [0.05, 0.1) is 13.7 Å². The fraction of sp³-hybridized carbons (Fsp3) is 0.167. The van der Waals surface area contributed by atoms with Gasteiger partial charge in [0.2, 0.25) is 0 Å². The van der Waals surface area contributed by atoms with Crippen LogP contribution in [0.4, 0.5) is 4.39 Å². The van der Waals surface area contributed by atoms with Crippen LogP contribution in [0.3, 0.4) is 0 Å². The molecule has 5 nitrogen and oxygen atoms in total. The van der Waals surface area contributed by atoms with Crippen molar-refractivity contribution in [2.24, 2.45) is 0 Å². The number of aromatic nitrogens is 1. The summed E-state index contributed by atoms with van der Waals surface area (Å²) in [6, 6.07) is 12.9. The number of fused-ring (bicyclic) bond motifs is 1. The molecule has 24 heavy (non-hydrogen) atoms. The Morgan fingerprint density at radius 3 is 2.88 bits per heavy atom. The molecule has 1 heterocycles. The van der Waals surface area contributed by atoms with Gasteiger partial charge in [-0.2, -0.15) is 0 Å². The highest BCUT2D eigenvalue weighted by Crippen LogP contribution is 2.21. The third-order valence-electron chi connectivity index (χ3n) is 3.75. The summed E-state index contributed by atoms with van der Waals surface area (Å²) < 4.78 is 18.3. The lowest BCUT2D eigenvalue weighted by Crippen LogP contribution is -2.29. The number of ether oxygens (including phenoxy) is 1. The molecule has 0 bridgehead atoms. The lowest BCUT2D eigenvalue weighted by Gasteiger charge is -2.11. The monoisotopic (exact) mass is 328 g/mol. The van der Waals surface area contributed by atoms with Gasteiger partial charge in [0.25, 0.3) is 5.91 Å². The van der Waals surface area contributed by atoms with Gasteiger partial charge in [-0.25, -0.2) is 4.39 Å². The summed E-state index contributed by atoms with van der Waals surface area (Å²) in [6.45, 7) is 0.224. The van der Waals surface area contributed by atoms with Gasteiger partial charge in [0.15, 0.2) is 6.10 Å². The summed E-state index contributed by atoms with van der Waals surface area (Å²) in [5.41, 5.74) is 1.93. The number of carbonyl (C=O) groups excluding carboxylic acids is 1. The fourth-order valence-corrected chi connectivity index (χ4v) is 2.50. The summed E-state index contributed by atoms with van der Waals surface area (Å²) in [7, 11) is 1.60. The lowest BCUT2D eigenvalue weighted by atomic mass is 10.1. The second-order valence-corrected chi connectivity index (χ2v) is 5.42. The van der Waals surface area contributed by atoms with Crippen LogP contribution in [0.2, 0.25) is 0 Å². The van der Waals surface area contributed by atoms with Crippen LogP contribution >= 0.6 is 0 Å². The van der Waals surface area contributed by atoms with E-state index in [0.29, 0.717) is 0 Å². The van der Waals surface area contributed by atoms with Gasteiger partial charge >= 0.3 is 0 Å². The lowest BCUT2D eigenvalue weighted by molar-refractivity contribution is -0.129. The van der Waals surface area contributed by atoms with Crippen molar-refractivity contribution in [1.29, 1.82) is 0 Å². The van der Waals surface area contributed by atoms with Crippen molar-refractivity contribution in [1.82, 2.24) is 10.3 Å².